The summed E-state index contributed by atoms with van der Waals surface area (Å²) in [6.07, 6.45) is 3.76. The van der Waals surface area contributed by atoms with E-state index in [1.54, 1.807) is 0 Å². The van der Waals surface area contributed by atoms with Gasteiger partial charge in [0.1, 0.15) is 16.8 Å². The second kappa shape index (κ2) is 4.58. The molecule has 2 rings (SSSR count). The van der Waals surface area contributed by atoms with Crippen molar-refractivity contribution < 1.29 is 0 Å². The van der Waals surface area contributed by atoms with Crippen LogP contribution in [0.4, 0.5) is 5.82 Å². The molecule has 2 heterocycles. The molecule has 1 fully saturated rings. The molecule has 0 aromatic carbocycles. The SMILES string of the molecule is Cc1nc(Cl)cc(N2C(C)CCCC2C)n1. The van der Waals surface area contributed by atoms with Gasteiger partial charge in [0.25, 0.3) is 0 Å². The highest BCUT2D eigenvalue weighted by Gasteiger charge is 2.26. The van der Waals surface area contributed by atoms with Crippen LogP contribution in [0.3, 0.4) is 0 Å². The minimum atomic E-state index is 0.535. The van der Waals surface area contributed by atoms with E-state index < -0.39 is 0 Å². The Balaban J connectivity index is 2.33. The Morgan fingerprint density at radius 1 is 1.25 bits per heavy atom. The Bertz CT molecular complexity index is 350. The molecule has 0 saturated carbocycles. The molecule has 88 valence electrons. The molecule has 0 aliphatic carbocycles. The number of aromatic nitrogens is 2. The Labute approximate surface area is 102 Å². The summed E-state index contributed by atoms with van der Waals surface area (Å²) in [7, 11) is 0. The molecule has 1 aromatic rings. The second-order valence-electron chi connectivity index (χ2n) is 4.63. The molecule has 0 bridgehead atoms. The molecule has 3 nitrogen and oxygen atoms in total. The van der Waals surface area contributed by atoms with Gasteiger partial charge in [-0.1, -0.05) is 11.6 Å². The Hall–Kier alpha value is -0.830. The van der Waals surface area contributed by atoms with Crippen molar-refractivity contribution in [3.05, 3.63) is 17.0 Å². The van der Waals surface area contributed by atoms with Crippen molar-refractivity contribution >= 4 is 17.4 Å². The topological polar surface area (TPSA) is 29.0 Å². The van der Waals surface area contributed by atoms with Crippen molar-refractivity contribution in [1.29, 1.82) is 0 Å². The van der Waals surface area contributed by atoms with Gasteiger partial charge in [-0.3, -0.25) is 0 Å². The second-order valence-corrected chi connectivity index (χ2v) is 5.02. The molecule has 16 heavy (non-hydrogen) atoms. The van der Waals surface area contributed by atoms with Crippen LogP contribution in [0.1, 0.15) is 38.9 Å². The lowest BCUT2D eigenvalue weighted by Gasteiger charge is -2.40. The Morgan fingerprint density at radius 2 is 1.88 bits per heavy atom. The molecule has 0 N–H and O–H groups in total. The maximum atomic E-state index is 5.99. The molecule has 0 amide bonds. The van der Waals surface area contributed by atoms with Crippen LogP contribution in [-0.2, 0) is 0 Å². The summed E-state index contributed by atoms with van der Waals surface area (Å²) in [6, 6.07) is 2.94. The lowest BCUT2D eigenvalue weighted by Crippen LogP contribution is -2.44. The molecule has 1 aliphatic heterocycles. The van der Waals surface area contributed by atoms with E-state index in [9.17, 15) is 0 Å². The van der Waals surface area contributed by atoms with Crippen LogP contribution in [0.15, 0.2) is 6.07 Å². The van der Waals surface area contributed by atoms with Crippen LogP contribution in [0.5, 0.6) is 0 Å². The van der Waals surface area contributed by atoms with Gasteiger partial charge >= 0.3 is 0 Å². The monoisotopic (exact) mass is 239 g/mol. The molecule has 2 atom stereocenters. The van der Waals surface area contributed by atoms with Crippen LogP contribution in [0, 0.1) is 6.92 Å². The summed E-state index contributed by atoms with van der Waals surface area (Å²) < 4.78 is 0. The fourth-order valence-corrected chi connectivity index (χ4v) is 2.74. The first-order valence-corrected chi connectivity index (χ1v) is 6.25. The first-order valence-electron chi connectivity index (χ1n) is 5.87. The number of nitrogens with zero attached hydrogens (tertiary/aromatic N) is 3. The van der Waals surface area contributed by atoms with Crippen LogP contribution in [0.25, 0.3) is 0 Å². The third-order valence-electron chi connectivity index (χ3n) is 3.25. The minimum Gasteiger partial charge on any atom is -0.351 e. The maximum absolute atomic E-state index is 5.99. The fourth-order valence-electron chi connectivity index (χ4n) is 2.52. The molecular weight excluding hydrogens is 222 g/mol. The Kier molecular flexibility index (Phi) is 3.33. The van der Waals surface area contributed by atoms with Gasteiger partial charge in [0, 0.05) is 18.2 Å². The molecule has 0 spiro atoms. The summed E-state index contributed by atoms with van der Waals surface area (Å²) >= 11 is 5.99. The minimum absolute atomic E-state index is 0.535. The number of anilines is 1. The molecule has 1 aliphatic rings. The van der Waals surface area contributed by atoms with Gasteiger partial charge in [-0.15, -0.1) is 0 Å². The highest BCUT2D eigenvalue weighted by atomic mass is 35.5. The summed E-state index contributed by atoms with van der Waals surface area (Å²) in [5, 5.41) is 0.535. The highest BCUT2D eigenvalue weighted by molar-refractivity contribution is 6.29. The van der Waals surface area contributed by atoms with Crippen molar-refractivity contribution in [3.8, 4) is 0 Å². The fraction of sp³-hybridized carbons (Fsp3) is 0.667. The van der Waals surface area contributed by atoms with E-state index in [1.165, 1.54) is 19.3 Å². The van der Waals surface area contributed by atoms with Gasteiger partial charge in [-0.25, -0.2) is 9.97 Å². The van der Waals surface area contributed by atoms with Crippen molar-refractivity contribution in [2.24, 2.45) is 0 Å². The van der Waals surface area contributed by atoms with Crippen LogP contribution < -0.4 is 4.90 Å². The summed E-state index contributed by atoms with van der Waals surface area (Å²) in [5.74, 6) is 1.71. The quantitative estimate of drug-likeness (QED) is 0.705. The van der Waals surface area contributed by atoms with Crippen molar-refractivity contribution in [2.75, 3.05) is 4.90 Å². The van der Waals surface area contributed by atoms with E-state index in [0.29, 0.717) is 17.2 Å². The number of aryl methyl sites for hydroxylation is 1. The maximum Gasteiger partial charge on any atom is 0.134 e. The lowest BCUT2D eigenvalue weighted by molar-refractivity contribution is 0.411. The average Bonchev–Trinajstić information content (AvgIpc) is 2.15. The third kappa shape index (κ3) is 2.29. The van der Waals surface area contributed by atoms with E-state index in [0.717, 1.165) is 11.6 Å². The summed E-state index contributed by atoms with van der Waals surface area (Å²) in [6.45, 7) is 6.39. The van der Waals surface area contributed by atoms with E-state index in [4.69, 9.17) is 11.6 Å². The zero-order valence-corrected chi connectivity index (χ0v) is 10.8. The van der Waals surface area contributed by atoms with Gasteiger partial charge in [-0.05, 0) is 40.0 Å². The average molecular weight is 240 g/mol. The molecule has 0 radical (unpaired) electrons. The largest absolute Gasteiger partial charge is 0.351 e. The van der Waals surface area contributed by atoms with Gasteiger partial charge in [0.15, 0.2) is 0 Å². The molecule has 1 aromatic heterocycles. The summed E-state index contributed by atoms with van der Waals surface area (Å²) in [4.78, 5) is 11.0. The van der Waals surface area contributed by atoms with E-state index >= 15 is 0 Å². The van der Waals surface area contributed by atoms with Crippen molar-refractivity contribution in [1.82, 2.24) is 9.97 Å². The molecule has 2 unspecified atom stereocenters. The van der Waals surface area contributed by atoms with Gasteiger partial charge < -0.3 is 4.90 Å². The predicted octanol–water partition coefficient (Wildman–Crippen LogP) is 3.21. The van der Waals surface area contributed by atoms with Gasteiger partial charge in [-0.2, -0.15) is 0 Å². The smallest absolute Gasteiger partial charge is 0.134 e. The van der Waals surface area contributed by atoms with E-state index in [1.807, 2.05) is 13.0 Å². The molecule has 1 saturated heterocycles. The zero-order chi connectivity index (χ0) is 11.7. The van der Waals surface area contributed by atoms with Gasteiger partial charge in [0.2, 0.25) is 0 Å². The van der Waals surface area contributed by atoms with E-state index in [-0.39, 0.29) is 0 Å². The van der Waals surface area contributed by atoms with Crippen LogP contribution in [-0.4, -0.2) is 22.1 Å². The number of hydrogen-bond donors (Lipinski definition) is 0. The van der Waals surface area contributed by atoms with Crippen LogP contribution in [0.2, 0.25) is 5.15 Å². The predicted molar refractivity (Wildman–Crippen MR) is 67.0 cm³/mol. The first kappa shape index (κ1) is 11.6. The number of hydrogen-bond acceptors (Lipinski definition) is 3. The normalized spacial score (nSPS) is 25.9. The number of halogens is 1. The Morgan fingerprint density at radius 3 is 2.44 bits per heavy atom. The third-order valence-corrected chi connectivity index (χ3v) is 3.44. The number of rotatable bonds is 1. The molecule has 4 heteroatoms. The first-order chi connectivity index (χ1) is 7.58. The molecular formula is C12H18ClN3. The zero-order valence-electron chi connectivity index (χ0n) is 10.1. The lowest BCUT2D eigenvalue weighted by atomic mass is 9.97. The van der Waals surface area contributed by atoms with Crippen LogP contribution >= 0.6 is 11.6 Å². The highest BCUT2D eigenvalue weighted by Crippen LogP contribution is 2.28. The van der Waals surface area contributed by atoms with E-state index in [2.05, 4.69) is 28.7 Å². The standard InChI is InChI=1S/C12H18ClN3/c1-8-5-4-6-9(2)16(8)12-7-11(13)14-10(3)15-12/h7-9H,4-6H2,1-3H3. The summed E-state index contributed by atoms with van der Waals surface area (Å²) in [5.41, 5.74) is 0. The van der Waals surface area contributed by atoms with Crippen molar-refractivity contribution in [2.45, 2.75) is 52.1 Å². The van der Waals surface area contributed by atoms with Gasteiger partial charge in [0.05, 0.1) is 0 Å². The number of piperidine rings is 1. The van der Waals surface area contributed by atoms with Crippen molar-refractivity contribution in [3.63, 3.8) is 0 Å².